The summed E-state index contributed by atoms with van der Waals surface area (Å²) in [5.74, 6) is 0. The van der Waals surface area contributed by atoms with Crippen LogP contribution in [0.2, 0.25) is 0 Å². The first-order valence-electron chi connectivity index (χ1n) is 29.2. The van der Waals surface area contributed by atoms with Gasteiger partial charge in [-0.25, -0.2) is 0 Å². The lowest BCUT2D eigenvalue weighted by atomic mass is 9.33. The van der Waals surface area contributed by atoms with Gasteiger partial charge in [0, 0.05) is 64.3 Å². The van der Waals surface area contributed by atoms with Gasteiger partial charge in [-0.3, -0.25) is 0 Å². The Morgan fingerprint density at radius 3 is 1.14 bits per heavy atom. The van der Waals surface area contributed by atoms with E-state index in [2.05, 4.69) is 307 Å². The number of anilines is 7. The molecule has 0 N–H and O–H groups in total. The number of hydrogen-bond donors (Lipinski definition) is 0. The van der Waals surface area contributed by atoms with E-state index in [-0.39, 0.29) is 17.5 Å². The van der Waals surface area contributed by atoms with Crippen molar-refractivity contribution >= 4 is 62.9 Å². The van der Waals surface area contributed by atoms with Crippen LogP contribution in [0.25, 0.3) is 66.8 Å². The second kappa shape index (κ2) is 21.0. The third-order valence-corrected chi connectivity index (χ3v) is 17.2. The number of nitriles is 1. The molecule has 4 nitrogen and oxygen atoms in total. The molecule has 2 aliphatic heterocycles. The highest BCUT2D eigenvalue weighted by atomic mass is 15.2. The lowest BCUT2D eigenvalue weighted by molar-refractivity contribution is 0.569. The van der Waals surface area contributed by atoms with Gasteiger partial charge in [-0.05, 0) is 126 Å². The van der Waals surface area contributed by atoms with Gasteiger partial charge >= 0.3 is 0 Å². The molecule has 0 aliphatic carbocycles. The summed E-state index contributed by atoms with van der Waals surface area (Å²) >= 11 is 0. The van der Waals surface area contributed by atoms with Gasteiger partial charge in [-0.2, -0.15) is 5.26 Å². The van der Waals surface area contributed by atoms with Gasteiger partial charge in [-0.1, -0.05) is 254 Å². The lowest BCUT2D eigenvalue weighted by Gasteiger charge is -2.46. The predicted octanol–water partition coefficient (Wildman–Crippen LogP) is 18.7. The summed E-state index contributed by atoms with van der Waals surface area (Å²) in [7, 11) is 2.22. The molecule has 0 amide bonds. The maximum absolute atomic E-state index is 10.3. The van der Waals surface area contributed by atoms with Crippen LogP contribution in [0.4, 0.5) is 39.8 Å². The Kier molecular flexibility index (Phi) is 13.4. The fourth-order valence-corrected chi connectivity index (χ4v) is 12.6. The molecule has 5 heteroatoms. The zero-order valence-electron chi connectivity index (χ0n) is 48.7. The predicted molar refractivity (Wildman–Crippen MR) is 354 cm³/mol. The summed E-state index contributed by atoms with van der Waals surface area (Å²) in [4.78, 5) is 7.64. The lowest BCUT2D eigenvalue weighted by Crippen LogP contribution is -2.61. The van der Waals surface area contributed by atoms with E-state index in [4.69, 9.17) is 0 Å². The maximum atomic E-state index is 10.3. The van der Waals surface area contributed by atoms with Crippen LogP contribution < -0.4 is 31.1 Å². The van der Waals surface area contributed by atoms with Gasteiger partial charge in [0.2, 0.25) is 0 Å². The fourth-order valence-electron chi connectivity index (χ4n) is 12.6. The van der Waals surface area contributed by atoms with Crippen molar-refractivity contribution in [3.63, 3.8) is 0 Å². The second-order valence-electron chi connectivity index (χ2n) is 24.4. The molecule has 402 valence electrons. The summed E-state index contributed by atoms with van der Waals surface area (Å²) in [6.45, 7) is 16.8. The second-order valence-corrected chi connectivity index (χ2v) is 24.4. The largest absolute Gasteiger partial charge is 0.375 e. The number of hydrogen-bond acceptors (Lipinski definition) is 4. The molecule has 0 saturated carbocycles. The summed E-state index contributed by atoms with van der Waals surface area (Å²) in [6, 6.07) is 94.4. The van der Waals surface area contributed by atoms with Crippen LogP contribution in [0.3, 0.4) is 0 Å². The molecular weight excluding hydrogens is 1000 g/mol. The Morgan fingerprint density at radius 2 is 0.759 bits per heavy atom. The highest BCUT2D eigenvalue weighted by Gasteiger charge is 2.46. The molecule has 2 aliphatic rings. The third kappa shape index (κ3) is 9.49. The first-order chi connectivity index (χ1) is 40.3. The van der Waals surface area contributed by atoms with E-state index < -0.39 is 0 Å². The standard InChI is InChI=1S/C78H67BN4/c1-9-81(8)63-49-72-74-73(50-63)83(76-66(55-30-18-12-19-31-55)37-24-38-67(76)56-32-20-13-21-33-56)71-47-59(60-44-61(77(2,3)4)48-62(45-60)78(5,6)7)40-42-69(71)79(74)68-41-39-58(57-34-22-25-52(43-57)51-80)46-70(68)82(72)75-64(53-26-14-10-15-27-53)35-23-36-65(75)54-28-16-11-17-29-54/h10-50H,9H2,1-8H3. The Balaban J connectivity index is 1.21. The summed E-state index contributed by atoms with van der Waals surface area (Å²) in [6.07, 6.45) is 0. The van der Waals surface area contributed by atoms with Crippen molar-refractivity contribution in [1.82, 2.24) is 0 Å². The van der Waals surface area contributed by atoms with Crippen molar-refractivity contribution in [2.24, 2.45) is 0 Å². The van der Waals surface area contributed by atoms with Gasteiger partial charge < -0.3 is 14.7 Å². The normalized spacial score (nSPS) is 12.5. The molecular formula is C78H67BN4. The molecule has 2 heterocycles. The van der Waals surface area contributed by atoms with Gasteiger partial charge in [-0.15, -0.1) is 0 Å². The van der Waals surface area contributed by atoms with Gasteiger partial charge in [0.1, 0.15) is 0 Å². The van der Waals surface area contributed by atoms with E-state index in [1.165, 1.54) is 38.6 Å². The molecule has 11 aromatic carbocycles. The monoisotopic (exact) mass is 1070 g/mol. The van der Waals surface area contributed by atoms with Gasteiger partial charge in [0.15, 0.2) is 0 Å². The molecule has 0 spiro atoms. The van der Waals surface area contributed by atoms with Crippen LogP contribution >= 0.6 is 0 Å². The Labute approximate surface area is 491 Å². The van der Waals surface area contributed by atoms with Crippen LogP contribution in [-0.2, 0) is 10.8 Å². The summed E-state index contributed by atoms with van der Waals surface area (Å²) in [5, 5.41) is 10.3. The molecule has 0 aromatic heterocycles. The minimum absolute atomic E-state index is 0.0710. The molecule has 0 unspecified atom stereocenters. The average Bonchev–Trinajstić information content (AvgIpc) is 3.70. The SMILES string of the molecule is CCN(C)c1cc2c3c(c1)N(c1c(-c4ccccc4)cccc1-c1ccccc1)c1cc(-c4cc(C(C)(C)C)cc(C(C)(C)C)c4)ccc1B3c1ccc(-c3cccc(C#N)c3)cc1N2c1c(-c2ccccc2)cccc1-c1ccccc1. The molecule has 11 aromatic rings. The van der Waals surface area contributed by atoms with Crippen LogP contribution in [0.5, 0.6) is 0 Å². The van der Waals surface area contributed by atoms with Crippen molar-refractivity contribution in [2.45, 2.75) is 59.3 Å². The summed E-state index contributed by atoms with van der Waals surface area (Å²) < 4.78 is 0. The van der Waals surface area contributed by atoms with Crippen LogP contribution in [0.15, 0.2) is 249 Å². The topological polar surface area (TPSA) is 33.5 Å². The van der Waals surface area contributed by atoms with Crippen LogP contribution in [0.1, 0.15) is 65.2 Å². The molecule has 0 radical (unpaired) electrons. The van der Waals surface area contributed by atoms with Crippen LogP contribution in [0, 0.1) is 11.3 Å². The summed E-state index contributed by atoms with van der Waals surface area (Å²) in [5.41, 5.74) is 28.1. The Bertz CT molecular complexity index is 4150. The minimum Gasteiger partial charge on any atom is -0.375 e. The zero-order valence-corrected chi connectivity index (χ0v) is 48.7. The van der Waals surface area contributed by atoms with E-state index in [0.29, 0.717) is 5.56 Å². The van der Waals surface area contributed by atoms with Crippen molar-refractivity contribution < 1.29 is 0 Å². The maximum Gasteiger partial charge on any atom is 0.252 e. The molecule has 0 fully saturated rings. The number of nitrogens with zero attached hydrogens (tertiary/aromatic N) is 4. The molecule has 0 saturated heterocycles. The van der Waals surface area contributed by atoms with Gasteiger partial charge in [0.05, 0.1) is 23.0 Å². The Hall–Kier alpha value is -9.63. The van der Waals surface area contributed by atoms with Crippen molar-refractivity contribution in [3.05, 3.63) is 265 Å². The first-order valence-corrected chi connectivity index (χ1v) is 29.2. The van der Waals surface area contributed by atoms with E-state index in [0.717, 1.165) is 102 Å². The van der Waals surface area contributed by atoms with Gasteiger partial charge in [0.25, 0.3) is 6.71 Å². The van der Waals surface area contributed by atoms with E-state index in [1.54, 1.807) is 0 Å². The van der Waals surface area contributed by atoms with Crippen molar-refractivity contribution in [3.8, 4) is 72.8 Å². The number of rotatable bonds is 10. The minimum atomic E-state index is -0.189. The van der Waals surface area contributed by atoms with E-state index in [1.807, 2.05) is 18.2 Å². The first kappa shape index (κ1) is 52.7. The van der Waals surface area contributed by atoms with E-state index >= 15 is 0 Å². The van der Waals surface area contributed by atoms with Crippen LogP contribution in [-0.4, -0.2) is 20.3 Å². The number of para-hydroxylation sites is 2. The highest BCUT2D eigenvalue weighted by Crippen LogP contribution is 2.54. The zero-order chi connectivity index (χ0) is 57.1. The number of fused-ring (bicyclic) bond motifs is 4. The highest BCUT2D eigenvalue weighted by molar-refractivity contribution is 7.00. The van der Waals surface area contributed by atoms with Crippen molar-refractivity contribution in [2.75, 3.05) is 28.3 Å². The van der Waals surface area contributed by atoms with Crippen molar-refractivity contribution in [1.29, 1.82) is 5.26 Å². The average molecular weight is 1070 g/mol. The molecule has 83 heavy (non-hydrogen) atoms. The molecule has 0 bridgehead atoms. The fraction of sp³-hybridized carbons (Fsp3) is 0.141. The molecule has 0 atom stereocenters. The molecule has 13 rings (SSSR count). The smallest absolute Gasteiger partial charge is 0.252 e. The third-order valence-electron chi connectivity index (χ3n) is 17.2. The van der Waals surface area contributed by atoms with E-state index in [9.17, 15) is 5.26 Å². The quantitative estimate of drug-likeness (QED) is 0.128. The number of benzene rings is 11. The Morgan fingerprint density at radius 1 is 0.386 bits per heavy atom.